The van der Waals surface area contributed by atoms with Crippen LogP contribution in [0.5, 0.6) is 0 Å². The van der Waals surface area contributed by atoms with Crippen molar-refractivity contribution in [3.05, 3.63) is 29.3 Å². The van der Waals surface area contributed by atoms with Gasteiger partial charge in [-0.15, -0.1) is 0 Å². The van der Waals surface area contributed by atoms with Crippen LogP contribution in [0.15, 0.2) is 23.1 Å². The minimum absolute atomic E-state index is 0.0000926. The van der Waals surface area contributed by atoms with Crippen LogP contribution < -0.4 is 0 Å². The highest BCUT2D eigenvalue weighted by Gasteiger charge is 2.30. The molecule has 0 atom stereocenters. The molecule has 0 fully saturated rings. The molecule has 0 aliphatic carbocycles. The maximum absolute atomic E-state index is 12.1. The minimum Gasteiger partial charge on any atom is -0.198 e. The average molecular weight is 231 g/mol. The van der Waals surface area contributed by atoms with Gasteiger partial charge in [-0.2, -0.15) is 18.4 Å². The largest absolute Gasteiger partial charge is 0.446 e. The Morgan fingerprint density at radius 3 is 2.60 bits per heavy atom. The van der Waals surface area contributed by atoms with Crippen molar-refractivity contribution >= 4 is 11.8 Å². The second-order valence-corrected chi connectivity index (χ2v) is 4.10. The monoisotopic (exact) mass is 231 g/mol. The van der Waals surface area contributed by atoms with E-state index in [4.69, 9.17) is 5.26 Å². The first-order valence-corrected chi connectivity index (χ1v) is 4.96. The van der Waals surface area contributed by atoms with Crippen molar-refractivity contribution in [2.75, 3.05) is 0 Å². The smallest absolute Gasteiger partial charge is 0.198 e. The van der Waals surface area contributed by atoms with E-state index < -0.39 is 5.51 Å². The summed E-state index contributed by atoms with van der Waals surface area (Å²) in [6.45, 7) is 1.78. The number of rotatable bonds is 2. The molecular weight excluding hydrogens is 223 g/mol. The number of nitrogens with zero attached hydrogens (tertiary/aromatic N) is 1. The Morgan fingerprint density at radius 2 is 2.07 bits per heavy atom. The van der Waals surface area contributed by atoms with E-state index in [0.717, 1.165) is 5.56 Å². The van der Waals surface area contributed by atoms with Gasteiger partial charge in [0.2, 0.25) is 0 Å². The molecule has 80 valence electrons. The maximum atomic E-state index is 12.1. The number of aryl methyl sites for hydroxylation is 1. The fourth-order valence-electron chi connectivity index (χ4n) is 1.16. The lowest BCUT2D eigenvalue weighted by atomic mass is 10.1. The molecule has 1 aromatic carbocycles. The van der Waals surface area contributed by atoms with Crippen molar-refractivity contribution in [1.29, 1.82) is 5.26 Å². The van der Waals surface area contributed by atoms with E-state index in [2.05, 4.69) is 0 Å². The number of hydrogen-bond acceptors (Lipinski definition) is 2. The van der Waals surface area contributed by atoms with Crippen molar-refractivity contribution in [1.82, 2.24) is 0 Å². The fraction of sp³-hybridized carbons (Fsp3) is 0.300. The van der Waals surface area contributed by atoms with Gasteiger partial charge in [0.25, 0.3) is 0 Å². The van der Waals surface area contributed by atoms with E-state index in [-0.39, 0.29) is 23.1 Å². The number of benzene rings is 1. The summed E-state index contributed by atoms with van der Waals surface area (Å²) in [7, 11) is 0. The molecule has 1 rings (SSSR count). The number of nitriles is 1. The molecule has 1 aromatic rings. The summed E-state index contributed by atoms with van der Waals surface area (Å²) in [6.07, 6.45) is 0.0000926. The molecule has 0 aliphatic heterocycles. The van der Waals surface area contributed by atoms with E-state index in [0.29, 0.717) is 5.56 Å². The molecule has 15 heavy (non-hydrogen) atoms. The Morgan fingerprint density at radius 1 is 1.40 bits per heavy atom. The van der Waals surface area contributed by atoms with Gasteiger partial charge in [0.1, 0.15) is 0 Å². The summed E-state index contributed by atoms with van der Waals surface area (Å²) in [4.78, 5) is 0.106. The van der Waals surface area contributed by atoms with Crippen LogP contribution in [0.2, 0.25) is 0 Å². The van der Waals surface area contributed by atoms with Gasteiger partial charge >= 0.3 is 5.51 Å². The van der Waals surface area contributed by atoms with Crippen LogP contribution in [-0.4, -0.2) is 5.51 Å². The van der Waals surface area contributed by atoms with Crippen LogP contribution in [0.1, 0.15) is 11.1 Å². The standard InChI is InChI=1S/C10H8F3NS/c1-7-2-3-9(15-10(11,12)13)8(6-7)4-5-14/h2-3,6H,4H2,1H3. The lowest BCUT2D eigenvalue weighted by Gasteiger charge is -2.09. The Hall–Kier alpha value is -1.15. The van der Waals surface area contributed by atoms with Crippen molar-refractivity contribution in [3.8, 4) is 6.07 Å². The Kier molecular flexibility index (Phi) is 3.64. The molecule has 0 aliphatic rings. The zero-order valence-corrected chi connectivity index (χ0v) is 8.75. The van der Waals surface area contributed by atoms with Gasteiger partial charge in [-0.05, 0) is 30.3 Å². The molecule has 0 N–H and O–H groups in total. The lowest BCUT2D eigenvalue weighted by molar-refractivity contribution is -0.0328. The van der Waals surface area contributed by atoms with Gasteiger partial charge in [-0.1, -0.05) is 17.7 Å². The molecule has 0 saturated carbocycles. The van der Waals surface area contributed by atoms with E-state index in [9.17, 15) is 13.2 Å². The zero-order valence-electron chi connectivity index (χ0n) is 7.93. The van der Waals surface area contributed by atoms with Gasteiger partial charge in [0.05, 0.1) is 12.5 Å². The Labute approximate surface area is 89.9 Å². The van der Waals surface area contributed by atoms with Crippen LogP contribution in [0.4, 0.5) is 13.2 Å². The van der Waals surface area contributed by atoms with Gasteiger partial charge in [-0.3, -0.25) is 0 Å². The molecule has 0 bridgehead atoms. The summed E-state index contributed by atoms with van der Waals surface area (Å²) in [5, 5.41) is 8.49. The number of thioether (sulfide) groups is 1. The predicted octanol–water partition coefficient (Wildman–Crippen LogP) is 3.67. The van der Waals surface area contributed by atoms with Gasteiger partial charge in [0, 0.05) is 4.90 Å². The van der Waals surface area contributed by atoms with Crippen LogP contribution in [0.25, 0.3) is 0 Å². The van der Waals surface area contributed by atoms with Crippen molar-refractivity contribution in [3.63, 3.8) is 0 Å². The first kappa shape index (κ1) is 11.9. The zero-order chi connectivity index (χ0) is 11.5. The van der Waals surface area contributed by atoms with Gasteiger partial charge < -0.3 is 0 Å². The Bertz CT molecular complexity index is 393. The summed E-state index contributed by atoms with van der Waals surface area (Å²) in [5.41, 5.74) is -3.02. The van der Waals surface area contributed by atoms with Crippen molar-refractivity contribution in [2.45, 2.75) is 23.7 Å². The molecule has 0 spiro atoms. The van der Waals surface area contributed by atoms with E-state index in [1.165, 1.54) is 6.07 Å². The van der Waals surface area contributed by atoms with Crippen molar-refractivity contribution in [2.24, 2.45) is 0 Å². The highest BCUT2D eigenvalue weighted by molar-refractivity contribution is 8.00. The second kappa shape index (κ2) is 4.58. The normalized spacial score (nSPS) is 11.1. The molecule has 0 aromatic heterocycles. The second-order valence-electron chi connectivity index (χ2n) is 2.99. The summed E-state index contributed by atoms with van der Waals surface area (Å²) in [5.74, 6) is 0. The van der Waals surface area contributed by atoms with Crippen molar-refractivity contribution < 1.29 is 13.2 Å². The van der Waals surface area contributed by atoms with Crippen LogP contribution in [0, 0.1) is 18.3 Å². The highest BCUT2D eigenvalue weighted by Crippen LogP contribution is 2.38. The summed E-state index contributed by atoms with van der Waals surface area (Å²) < 4.78 is 36.4. The number of alkyl halides is 3. The molecule has 0 saturated heterocycles. The SMILES string of the molecule is Cc1ccc(SC(F)(F)F)c(CC#N)c1. The van der Waals surface area contributed by atoms with E-state index >= 15 is 0 Å². The molecule has 0 radical (unpaired) electrons. The number of hydrogen-bond donors (Lipinski definition) is 0. The minimum atomic E-state index is -4.31. The van der Waals surface area contributed by atoms with Crippen LogP contribution >= 0.6 is 11.8 Å². The third kappa shape index (κ3) is 3.84. The third-order valence-corrected chi connectivity index (χ3v) is 2.56. The van der Waals surface area contributed by atoms with E-state index in [1.54, 1.807) is 19.1 Å². The predicted molar refractivity (Wildman–Crippen MR) is 52.4 cm³/mol. The third-order valence-electron chi connectivity index (χ3n) is 1.71. The molecule has 0 amide bonds. The topological polar surface area (TPSA) is 23.8 Å². The Balaban J connectivity index is 3.02. The quantitative estimate of drug-likeness (QED) is 0.725. The first-order valence-electron chi connectivity index (χ1n) is 4.14. The van der Waals surface area contributed by atoms with E-state index in [1.807, 2.05) is 6.07 Å². The molecule has 0 heterocycles. The maximum Gasteiger partial charge on any atom is 0.446 e. The number of halogens is 3. The summed E-state index contributed by atoms with van der Waals surface area (Å²) >= 11 is -0.175. The van der Waals surface area contributed by atoms with Crippen LogP contribution in [0.3, 0.4) is 0 Å². The molecule has 0 unspecified atom stereocenters. The van der Waals surface area contributed by atoms with Gasteiger partial charge in [-0.25, -0.2) is 0 Å². The lowest BCUT2D eigenvalue weighted by Crippen LogP contribution is -2.01. The van der Waals surface area contributed by atoms with Gasteiger partial charge in [0.15, 0.2) is 0 Å². The molecule has 5 heteroatoms. The highest BCUT2D eigenvalue weighted by atomic mass is 32.2. The average Bonchev–Trinajstić information content (AvgIpc) is 2.08. The fourth-order valence-corrected chi connectivity index (χ4v) is 1.80. The molecular formula is C10H8F3NS. The van der Waals surface area contributed by atoms with Crippen LogP contribution in [-0.2, 0) is 6.42 Å². The summed E-state index contributed by atoms with van der Waals surface area (Å²) in [6, 6.07) is 6.47. The molecule has 1 nitrogen and oxygen atoms in total. The first-order chi connectivity index (χ1) is 6.92.